The summed E-state index contributed by atoms with van der Waals surface area (Å²) in [7, 11) is 0. The lowest BCUT2D eigenvalue weighted by Crippen LogP contribution is -1.65. The molecule has 0 aliphatic heterocycles. The molecule has 0 spiro atoms. The van der Waals surface area contributed by atoms with Crippen molar-refractivity contribution in [1.29, 1.82) is 0 Å². The van der Waals surface area contributed by atoms with Gasteiger partial charge in [-0.3, -0.25) is 3.97 Å². The highest BCUT2D eigenvalue weighted by molar-refractivity contribution is 7.78. The van der Waals surface area contributed by atoms with Crippen LogP contribution in [0.1, 0.15) is 0 Å². The topological polar surface area (TPSA) is 30.7 Å². The van der Waals surface area contributed by atoms with Crippen LogP contribution in [0.25, 0.3) is 0 Å². The highest BCUT2D eigenvalue weighted by atomic mass is 32.1. The summed E-state index contributed by atoms with van der Waals surface area (Å²) in [4.78, 5) is 0. The third kappa shape index (κ3) is 0.514. The maximum atomic E-state index is 3.83. The molecule has 1 rings (SSSR count). The molecule has 0 bridgehead atoms. The van der Waals surface area contributed by atoms with Gasteiger partial charge < -0.3 is 0 Å². The fourth-order valence-electron chi connectivity index (χ4n) is 0.195. The van der Waals surface area contributed by atoms with E-state index in [1.165, 1.54) is 16.6 Å². The summed E-state index contributed by atoms with van der Waals surface area (Å²) in [5.41, 5.74) is 0. The number of rotatable bonds is 0. The van der Waals surface area contributed by atoms with Crippen LogP contribution in [-0.2, 0) is 0 Å². The van der Waals surface area contributed by atoms with E-state index in [1.807, 2.05) is 0 Å². The zero-order chi connectivity index (χ0) is 4.41. The fraction of sp³-hybridized carbons (Fsp3) is 0. The summed E-state index contributed by atoms with van der Waals surface area (Å²) in [5, 5.41) is 6.92. The van der Waals surface area contributed by atoms with Gasteiger partial charge in [0.1, 0.15) is 12.7 Å². The van der Waals surface area contributed by atoms with Gasteiger partial charge in [0.05, 0.1) is 0 Å². The van der Waals surface area contributed by atoms with Crippen molar-refractivity contribution in [2.45, 2.75) is 0 Å². The van der Waals surface area contributed by atoms with Crippen molar-refractivity contribution in [3.8, 4) is 0 Å². The SMILES string of the molecule is Sn1cnnc1. The molecule has 4 heteroatoms. The van der Waals surface area contributed by atoms with Crippen LogP contribution in [0.3, 0.4) is 0 Å². The highest BCUT2D eigenvalue weighted by Crippen LogP contribution is 1.78. The number of thiol groups is 1. The average Bonchev–Trinajstić information content (AvgIpc) is 1.86. The third-order valence-electron chi connectivity index (χ3n) is 0.407. The molecule has 1 heterocycles. The fourth-order valence-corrected chi connectivity index (χ4v) is 0.288. The third-order valence-corrected chi connectivity index (χ3v) is 0.613. The van der Waals surface area contributed by atoms with Crippen molar-refractivity contribution < 1.29 is 0 Å². The molecule has 32 valence electrons. The van der Waals surface area contributed by atoms with Gasteiger partial charge in [-0.05, 0) is 0 Å². The van der Waals surface area contributed by atoms with E-state index >= 15 is 0 Å². The first-order valence-corrected chi connectivity index (χ1v) is 1.83. The molecule has 0 unspecified atom stereocenters. The van der Waals surface area contributed by atoms with E-state index in [4.69, 9.17) is 0 Å². The van der Waals surface area contributed by atoms with Gasteiger partial charge in [-0.1, -0.05) is 12.8 Å². The Morgan fingerprint density at radius 2 is 1.83 bits per heavy atom. The Morgan fingerprint density at radius 1 is 1.33 bits per heavy atom. The van der Waals surface area contributed by atoms with E-state index in [9.17, 15) is 0 Å². The zero-order valence-electron chi connectivity index (χ0n) is 2.94. The molecule has 1 aromatic heterocycles. The minimum absolute atomic E-state index is 1.47. The largest absolute Gasteiger partial charge is 0.263 e. The van der Waals surface area contributed by atoms with E-state index in [2.05, 4.69) is 23.0 Å². The smallest absolute Gasteiger partial charge is 0.129 e. The lowest BCUT2D eigenvalue weighted by atomic mass is 11.3. The lowest BCUT2D eigenvalue weighted by Gasteiger charge is -1.72. The number of aromatic nitrogens is 3. The molecule has 0 fully saturated rings. The summed E-state index contributed by atoms with van der Waals surface area (Å²) < 4.78 is 1.47. The maximum absolute atomic E-state index is 3.83. The highest BCUT2D eigenvalue weighted by Gasteiger charge is 1.72. The van der Waals surface area contributed by atoms with Gasteiger partial charge in [0.15, 0.2) is 0 Å². The van der Waals surface area contributed by atoms with Gasteiger partial charge >= 0.3 is 0 Å². The first-order valence-electron chi connectivity index (χ1n) is 1.43. The minimum atomic E-state index is 1.47. The van der Waals surface area contributed by atoms with Crippen LogP contribution in [0.4, 0.5) is 0 Å². The summed E-state index contributed by atoms with van der Waals surface area (Å²) in [6.07, 6.45) is 3.01. The number of hydrogen-bond acceptors (Lipinski definition) is 3. The Labute approximate surface area is 40.5 Å². The Hall–Kier alpha value is -0.510. The summed E-state index contributed by atoms with van der Waals surface area (Å²) in [6, 6.07) is 0. The summed E-state index contributed by atoms with van der Waals surface area (Å²) >= 11 is 3.83. The number of hydrogen-bond donors (Lipinski definition) is 1. The van der Waals surface area contributed by atoms with Gasteiger partial charge in [0, 0.05) is 0 Å². The molecule has 0 aliphatic rings. The van der Waals surface area contributed by atoms with E-state index in [0.717, 1.165) is 0 Å². The van der Waals surface area contributed by atoms with Crippen molar-refractivity contribution in [3.05, 3.63) is 12.7 Å². The molecule has 0 radical (unpaired) electrons. The second-order valence-corrected chi connectivity index (χ2v) is 1.30. The molecule has 0 atom stereocenters. The minimum Gasteiger partial charge on any atom is -0.263 e. The molecule has 0 saturated heterocycles. The average molecular weight is 101 g/mol. The second kappa shape index (κ2) is 1.30. The van der Waals surface area contributed by atoms with Gasteiger partial charge in [0.25, 0.3) is 0 Å². The first-order chi connectivity index (χ1) is 2.89. The van der Waals surface area contributed by atoms with Crippen LogP contribution >= 0.6 is 12.8 Å². The summed E-state index contributed by atoms with van der Waals surface area (Å²) in [6.45, 7) is 0. The van der Waals surface area contributed by atoms with Crippen molar-refractivity contribution in [2.24, 2.45) is 0 Å². The van der Waals surface area contributed by atoms with Crippen LogP contribution in [0.2, 0.25) is 0 Å². The molecule has 6 heavy (non-hydrogen) atoms. The maximum Gasteiger partial charge on any atom is 0.129 e. The molecule has 0 N–H and O–H groups in total. The predicted molar refractivity (Wildman–Crippen MR) is 24.4 cm³/mol. The summed E-state index contributed by atoms with van der Waals surface area (Å²) in [5.74, 6) is 0. The molecule has 0 amide bonds. The Morgan fingerprint density at radius 3 is 2.00 bits per heavy atom. The van der Waals surface area contributed by atoms with Crippen molar-refractivity contribution in [3.63, 3.8) is 0 Å². The quantitative estimate of drug-likeness (QED) is 0.465. The van der Waals surface area contributed by atoms with E-state index < -0.39 is 0 Å². The van der Waals surface area contributed by atoms with Crippen LogP contribution in [0.5, 0.6) is 0 Å². The van der Waals surface area contributed by atoms with Crippen molar-refractivity contribution >= 4 is 12.8 Å². The molecular formula is C2H3N3S. The lowest BCUT2D eigenvalue weighted by molar-refractivity contribution is 1.09. The number of nitrogens with zero attached hydrogens (tertiary/aromatic N) is 3. The Balaban J connectivity index is 3.05. The first kappa shape index (κ1) is 3.67. The molecular weight excluding hydrogens is 98.1 g/mol. The molecule has 0 aliphatic carbocycles. The molecule has 3 nitrogen and oxygen atoms in total. The van der Waals surface area contributed by atoms with Crippen LogP contribution in [0, 0.1) is 0 Å². The van der Waals surface area contributed by atoms with E-state index in [1.54, 1.807) is 0 Å². The molecule has 0 aromatic carbocycles. The van der Waals surface area contributed by atoms with Crippen LogP contribution in [-0.4, -0.2) is 14.2 Å². The Bertz CT molecular complexity index is 112. The standard InChI is InChI=1S/C2H3N3S/c6-5-1-3-4-2-5/h1-2,6H. The molecule has 0 saturated carbocycles. The molecule has 1 aromatic rings. The van der Waals surface area contributed by atoms with Gasteiger partial charge in [-0.25, -0.2) is 0 Å². The van der Waals surface area contributed by atoms with Crippen molar-refractivity contribution in [1.82, 2.24) is 14.2 Å². The second-order valence-electron chi connectivity index (χ2n) is 0.842. The normalized spacial score (nSPS) is 8.83. The van der Waals surface area contributed by atoms with Crippen molar-refractivity contribution in [2.75, 3.05) is 0 Å². The van der Waals surface area contributed by atoms with E-state index in [0.29, 0.717) is 0 Å². The van der Waals surface area contributed by atoms with E-state index in [-0.39, 0.29) is 0 Å². The van der Waals surface area contributed by atoms with Gasteiger partial charge in [-0.2, -0.15) is 0 Å². The predicted octanol–water partition coefficient (Wildman–Crippen LogP) is -0.0290. The van der Waals surface area contributed by atoms with Gasteiger partial charge in [0.2, 0.25) is 0 Å². The van der Waals surface area contributed by atoms with Crippen LogP contribution in [0.15, 0.2) is 12.7 Å². The Kier molecular flexibility index (Phi) is 0.795. The van der Waals surface area contributed by atoms with Gasteiger partial charge in [-0.15, -0.1) is 10.2 Å². The zero-order valence-corrected chi connectivity index (χ0v) is 3.84. The monoisotopic (exact) mass is 101 g/mol. The van der Waals surface area contributed by atoms with Crippen LogP contribution < -0.4 is 0 Å².